The molecule has 0 saturated carbocycles. The average molecular weight is 495 g/mol. The quantitative estimate of drug-likeness (QED) is 0.484. The lowest BCUT2D eigenvalue weighted by Gasteiger charge is -2.14. The van der Waals surface area contributed by atoms with Crippen LogP contribution in [-0.4, -0.2) is 33.3 Å². The lowest BCUT2D eigenvalue weighted by atomic mass is 10.1. The van der Waals surface area contributed by atoms with Crippen molar-refractivity contribution in [2.24, 2.45) is 0 Å². The third kappa shape index (κ3) is 4.65. The number of carbonyl (C=O) groups excluding carboxylic acids is 1. The molecule has 1 N–H and O–H groups in total. The van der Waals surface area contributed by atoms with Crippen molar-refractivity contribution in [2.45, 2.75) is 18.7 Å². The molecule has 0 aliphatic heterocycles. The van der Waals surface area contributed by atoms with Crippen molar-refractivity contribution in [1.29, 1.82) is 0 Å². The molecule has 158 valence electrons. The molecule has 0 aliphatic carbocycles. The molecular formula is C20H19BrN2O6S. The first-order valence-electron chi connectivity index (χ1n) is 8.86. The van der Waals surface area contributed by atoms with Gasteiger partial charge in [0.15, 0.2) is 11.5 Å². The predicted octanol–water partition coefficient (Wildman–Crippen LogP) is 4.40. The summed E-state index contributed by atoms with van der Waals surface area (Å²) in [6, 6.07) is 11.1. The van der Waals surface area contributed by atoms with Gasteiger partial charge in [0.1, 0.15) is 10.6 Å². The molecule has 10 heteroatoms. The number of nitrogens with one attached hydrogen (secondary N) is 1. The summed E-state index contributed by atoms with van der Waals surface area (Å²) in [6.07, 6.45) is 0. The Morgan fingerprint density at radius 3 is 2.63 bits per heavy atom. The lowest BCUT2D eigenvalue weighted by Crippen LogP contribution is -2.14. The van der Waals surface area contributed by atoms with Gasteiger partial charge < -0.3 is 14.0 Å². The molecule has 0 amide bonds. The highest BCUT2D eigenvalue weighted by Gasteiger charge is 2.23. The fourth-order valence-corrected chi connectivity index (χ4v) is 4.65. The molecule has 0 bridgehead atoms. The lowest BCUT2D eigenvalue weighted by molar-refractivity contribution is 0.0514. The minimum absolute atomic E-state index is 0.00575. The standard InChI is InChI=1S/C20H19BrN2O6S/c1-4-28-20(24)16-11-18(29-22-16)13-6-8-17(27-3)19(10-13)30(25,26)23-15-7-5-12(2)9-14(15)21/h5-11,23H,4H2,1-3H3. The van der Waals surface area contributed by atoms with E-state index in [0.717, 1.165) is 5.56 Å². The van der Waals surface area contributed by atoms with Crippen molar-refractivity contribution in [2.75, 3.05) is 18.4 Å². The van der Waals surface area contributed by atoms with Gasteiger partial charge in [-0.1, -0.05) is 11.2 Å². The van der Waals surface area contributed by atoms with Crippen LogP contribution in [0, 0.1) is 6.92 Å². The summed E-state index contributed by atoms with van der Waals surface area (Å²) in [5.41, 5.74) is 1.76. The third-order valence-electron chi connectivity index (χ3n) is 4.10. The van der Waals surface area contributed by atoms with E-state index in [1.54, 1.807) is 31.2 Å². The third-order valence-corrected chi connectivity index (χ3v) is 6.14. The summed E-state index contributed by atoms with van der Waals surface area (Å²) in [7, 11) is -2.62. The van der Waals surface area contributed by atoms with E-state index in [0.29, 0.717) is 15.7 Å². The normalized spacial score (nSPS) is 11.2. The zero-order valence-electron chi connectivity index (χ0n) is 16.4. The second kappa shape index (κ2) is 8.88. The van der Waals surface area contributed by atoms with Gasteiger partial charge in [0.25, 0.3) is 10.0 Å². The monoisotopic (exact) mass is 494 g/mol. The van der Waals surface area contributed by atoms with Crippen molar-refractivity contribution in [3.05, 3.63) is 58.2 Å². The van der Waals surface area contributed by atoms with Crippen LogP contribution in [-0.2, 0) is 14.8 Å². The summed E-state index contributed by atoms with van der Waals surface area (Å²) in [5.74, 6) is -0.256. The molecule has 2 aromatic carbocycles. The number of sulfonamides is 1. The van der Waals surface area contributed by atoms with Crippen molar-refractivity contribution in [1.82, 2.24) is 5.16 Å². The fourth-order valence-electron chi connectivity index (χ4n) is 2.66. The van der Waals surface area contributed by atoms with Gasteiger partial charge in [-0.15, -0.1) is 0 Å². The van der Waals surface area contributed by atoms with Crippen molar-refractivity contribution in [3.63, 3.8) is 0 Å². The van der Waals surface area contributed by atoms with Crippen LogP contribution in [0.2, 0.25) is 0 Å². The number of esters is 1. The van der Waals surface area contributed by atoms with Gasteiger partial charge in [-0.05, 0) is 65.7 Å². The molecule has 0 aliphatic rings. The highest BCUT2D eigenvalue weighted by Crippen LogP contribution is 2.33. The number of carbonyl (C=O) groups is 1. The first kappa shape index (κ1) is 21.8. The molecule has 1 aromatic heterocycles. The second-order valence-corrected chi connectivity index (χ2v) is 8.76. The molecule has 0 unspecified atom stereocenters. The number of rotatable bonds is 7. The van der Waals surface area contributed by atoms with Gasteiger partial charge in [-0.25, -0.2) is 13.2 Å². The molecule has 0 atom stereocenters. The molecule has 8 nitrogen and oxygen atoms in total. The van der Waals surface area contributed by atoms with Crippen molar-refractivity contribution >= 4 is 37.6 Å². The van der Waals surface area contributed by atoms with Crippen molar-refractivity contribution < 1.29 is 27.2 Å². The number of ether oxygens (including phenoxy) is 2. The Bertz CT molecular complexity index is 1190. The molecule has 0 saturated heterocycles. The van der Waals surface area contributed by atoms with Crippen LogP contribution in [0.1, 0.15) is 23.0 Å². The smallest absolute Gasteiger partial charge is 0.360 e. The van der Waals surface area contributed by atoms with Gasteiger partial charge in [-0.3, -0.25) is 4.72 Å². The Kier molecular flexibility index (Phi) is 6.47. The molecule has 3 aromatic rings. The Hall–Kier alpha value is -2.85. The van der Waals surface area contributed by atoms with E-state index in [4.69, 9.17) is 14.0 Å². The van der Waals surface area contributed by atoms with E-state index in [1.807, 2.05) is 6.92 Å². The molecule has 3 rings (SSSR count). The van der Waals surface area contributed by atoms with Crippen LogP contribution in [0.25, 0.3) is 11.3 Å². The van der Waals surface area contributed by atoms with Crippen LogP contribution in [0.4, 0.5) is 5.69 Å². The van der Waals surface area contributed by atoms with E-state index in [2.05, 4.69) is 25.8 Å². The largest absolute Gasteiger partial charge is 0.495 e. The van der Waals surface area contributed by atoms with Gasteiger partial charge in [0, 0.05) is 16.1 Å². The molecule has 0 spiro atoms. The number of benzene rings is 2. The molecule has 0 fully saturated rings. The van der Waals surface area contributed by atoms with Crippen LogP contribution in [0.3, 0.4) is 0 Å². The Morgan fingerprint density at radius 2 is 1.97 bits per heavy atom. The molecule has 30 heavy (non-hydrogen) atoms. The second-order valence-electron chi connectivity index (χ2n) is 6.25. The zero-order chi connectivity index (χ0) is 21.9. The first-order chi connectivity index (χ1) is 14.2. The van der Waals surface area contributed by atoms with E-state index in [9.17, 15) is 13.2 Å². The Labute approximate surface area is 182 Å². The maximum absolute atomic E-state index is 13.1. The fraction of sp³-hybridized carbons (Fsp3) is 0.200. The predicted molar refractivity (Wildman–Crippen MR) is 114 cm³/mol. The topological polar surface area (TPSA) is 108 Å². The van der Waals surface area contributed by atoms with Crippen LogP contribution in [0.15, 0.2) is 56.4 Å². The van der Waals surface area contributed by atoms with E-state index in [-0.39, 0.29) is 28.7 Å². The summed E-state index contributed by atoms with van der Waals surface area (Å²) in [4.78, 5) is 11.7. The first-order valence-corrected chi connectivity index (χ1v) is 11.1. The molecular weight excluding hydrogens is 476 g/mol. The minimum atomic E-state index is -4.00. The Balaban J connectivity index is 1.99. The van der Waals surface area contributed by atoms with Crippen LogP contribution < -0.4 is 9.46 Å². The zero-order valence-corrected chi connectivity index (χ0v) is 18.8. The van der Waals surface area contributed by atoms with E-state index >= 15 is 0 Å². The van der Waals surface area contributed by atoms with Gasteiger partial charge in [-0.2, -0.15) is 0 Å². The number of anilines is 1. The summed E-state index contributed by atoms with van der Waals surface area (Å²) >= 11 is 3.36. The molecule has 0 radical (unpaired) electrons. The van der Waals surface area contributed by atoms with Crippen LogP contribution >= 0.6 is 15.9 Å². The summed E-state index contributed by atoms with van der Waals surface area (Å²) in [6.45, 7) is 3.78. The van der Waals surface area contributed by atoms with E-state index in [1.165, 1.54) is 25.3 Å². The van der Waals surface area contributed by atoms with Gasteiger partial charge in [0.2, 0.25) is 0 Å². The highest BCUT2D eigenvalue weighted by molar-refractivity contribution is 9.10. The number of methoxy groups -OCH3 is 1. The van der Waals surface area contributed by atoms with Crippen LogP contribution in [0.5, 0.6) is 5.75 Å². The van der Waals surface area contributed by atoms with Gasteiger partial charge in [0.05, 0.1) is 19.4 Å². The van der Waals surface area contributed by atoms with Crippen molar-refractivity contribution in [3.8, 4) is 17.1 Å². The number of aryl methyl sites for hydroxylation is 1. The number of hydrogen-bond donors (Lipinski definition) is 1. The summed E-state index contributed by atoms with van der Waals surface area (Å²) in [5, 5.41) is 3.68. The SMILES string of the molecule is CCOC(=O)c1cc(-c2ccc(OC)c(S(=O)(=O)Nc3ccc(C)cc3Br)c2)on1. The number of aromatic nitrogens is 1. The Morgan fingerprint density at radius 1 is 1.20 bits per heavy atom. The van der Waals surface area contributed by atoms with E-state index < -0.39 is 16.0 Å². The maximum atomic E-state index is 13.1. The minimum Gasteiger partial charge on any atom is -0.495 e. The number of halogens is 1. The van der Waals surface area contributed by atoms with Gasteiger partial charge >= 0.3 is 5.97 Å². The number of hydrogen-bond acceptors (Lipinski definition) is 7. The summed E-state index contributed by atoms with van der Waals surface area (Å²) < 4.78 is 44.6. The maximum Gasteiger partial charge on any atom is 0.360 e. The number of nitrogens with zero attached hydrogens (tertiary/aromatic N) is 1. The highest BCUT2D eigenvalue weighted by atomic mass is 79.9. The average Bonchev–Trinajstić information content (AvgIpc) is 3.20. The molecule has 1 heterocycles.